The second-order valence-electron chi connectivity index (χ2n) is 9.16. The van der Waals surface area contributed by atoms with Crippen LogP contribution in [0, 0.1) is 0 Å². The molecule has 37 heavy (non-hydrogen) atoms. The summed E-state index contributed by atoms with van der Waals surface area (Å²) in [6.07, 6.45) is 6.27. The van der Waals surface area contributed by atoms with E-state index in [0.29, 0.717) is 60.5 Å². The fourth-order valence-electron chi connectivity index (χ4n) is 4.62. The van der Waals surface area contributed by atoms with Crippen molar-refractivity contribution in [3.8, 4) is 28.5 Å². The molecule has 0 spiro atoms. The lowest BCUT2D eigenvalue weighted by molar-refractivity contribution is -0.121. The predicted molar refractivity (Wildman–Crippen MR) is 142 cm³/mol. The van der Waals surface area contributed by atoms with Gasteiger partial charge in [-0.25, -0.2) is 4.98 Å². The van der Waals surface area contributed by atoms with Gasteiger partial charge in [-0.3, -0.25) is 14.8 Å². The third-order valence-electron chi connectivity index (χ3n) is 6.59. The minimum absolute atomic E-state index is 0.183. The molecule has 1 aromatic carbocycles. The zero-order valence-corrected chi connectivity index (χ0v) is 20.9. The number of anilines is 1. The number of piperidine rings is 1. The number of rotatable bonds is 8. The fourth-order valence-corrected chi connectivity index (χ4v) is 4.62. The van der Waals surface area contributed by atoms with Crippen molar-refractivity contribution < 1.29 is 19.0 Å². The average molecular weight is 503 g/mol. The summed E-state index contributed by atoms with van der Waals surface area (Å²) in [6.45, 7) is 2.52. The molecule has 0 saturated carbocycles. The number of ether oxygens (including phenoxy) is 3. The third-order valence-corrected chi connectivity index (χ3v) is 6.59. The number of fused-ring (bicyclic) bond motifs is 3. The molecule has 1 aliphatic heterocycles. The minimum atomic E-state index is -0.183. The van der Waals surface area contributed by atoms with E-state index in [-0.39, 0.29) is 6.04 Å². The lowest BCUT2D eigenvalue weighted by Crippen LogP contribution is -2.44. The van der Waals surface area contributed by atoms with Crippen molar-refractivity contribution in [3.05, 3.63) is 42.9 Å². The molecule has 1 saturated heterocycles. The highest BCUT2D eigenvalue weighted by atomic mass is 16.5. The van der Waals surface area contributed by atoms with Gasteiger partial charge in [-0.15, -0.1) is 0 Å². The highest BCUT2D eigenvalue weighted by Crippen LogP contribution is 2.37. The fraction of sp³-hybridized carbons (Fsp3) is 0.333. The van der Waals surface area contributed by atoms with Crippen LogP contribution in [0.5, 0.6) is 17.2 Å². The van der Waals surface area contributed by atoms with Crippen LogP contribution in [0.3, 0.4) is 0 Å². The van der Waals surface area contributed by atoms with E-state index in [2.05, 4.69) is 19.9 Å². The first-order valence-electron chi connectivity index (χ1n) is 12.1. The van der Waals surface area contributed by atoms with Gasteiger partial charge in [-0.1, -0.05) is 0 Å². The molecular weight excluding hydrogens is 472 g/mol. The summed E-state index contributed by atoms with van der Waals surface area (Å²) in [5, 5.41) is 2.51. The minimum Gasteiger partial charge on any atom is -0.493 e. The van der Waals surface area contributed by atoms with E-state index < -0.39 is 0 Å². The van der Waals surface area contributed by atoms with E-state index in [1.807, 2.05) is 24.3 Å². The Balaban J connectivity index is 1.40. The van der Waals surface area contributed by atoms with Crippen LogP contribution in [0.4, 0.5) is 5.82 Å². The number of ketones is 1. The Hall–Kier alpha value is -4.02. The van der Waals surface area contributed by atoms with E-state index in [1.54, 1.807) is 32.8 Å². The van der Waals surface area contributed by atoms with Gasteiger partial charge >= 0.3 is 0 Å². The van der Waals surface area contributed by atoms with Gasteiger partial charge in [0.1, 0.15) is 24.0 Å². The highest BCUT2D eigenvalue weighted by Gasteiger charge is 2.19. The van der Waals surface area contributed by atoms with Crippen LogP contribution in [-0.2, 0) is 4.79 Å². The largest absolute Gasteiger partial charge is 0.493 e. The van der Waals surface area contributed by atoms with Crippen LogP contribution in [0.1, 0.15) is 12.8 Å². The number of methoxy groups -OCH3 is 2. The average Bonchev–Trinajstić information content (AvgIpc) is 2.92. The van der Waals surface area contributed by atoms with Crippen molar-refractivity contribution >= 4 is 33.3 Å². The van der Waals surface area contributed by atoms with Crippen molar-refractivity contribution in [3.63, 3.8) is 0 Å². The molecule has 0 bridgehead atoms. The smallest absolute Gasteiger partial charge is 0.162 e. The topological polar surface area (TPSA) is 139 Å². The molecule has 0 unspecified atom stereocenters. The molecule has 1 fully saturated rings. The SMILES string of the molecule is COc1cc2ncc3c(N)nc(-c4cncc(OC[C@@H](N)CN5CCC(=O)CC5)c4)cc3c2cc1OC. The molecule has 1 aliphatic rings. The maximum Gasteiger partial charge on any atom is 0.162 e. The number of Topliss-reactive ketones (excluding diaryl/α,β-unsaturated/α-hetero) is 1. The van der Waals surface area contributed by atoms with Gasteiger partial charge in [-0.05, 0) is 23.6 Å². The number of aromatic nitrogens is 3. The van der Waals surface area contributed by atoms with Crippen molar-refractivity contribution in [2.45, 2.75) is 18.9 Å². The predicted octanol–water partition coefficient (Wildman–Crippen LogP) is 2.82. The van der Waals surface area contributed by atoms with Gasteiger partial charge in [0, 0.05) is 67.3 Å². The quantitative estimate of drug-likeness (QED) is 0.346. The van der Waals surface area contributed by atoms with Crippen LogP contribution in [0.25, 0.3) is 32.9 Å². The highest BCUT2D eigenvalue weighted by molar-refractivity contribution is 6.10. The second kappa shape index (κ2) is 10.5. The molecule has 5 rings (SSSR count). The van der Waals surface area contributed by atoms with Crippen LogP contribution in [0.15, 0.2) is 42.9 Å². The van der Waals surface area contributed by atoms with Gasteiger partial charge < -0.3 is 30.6 Å². The normalized spacial score (nSPS) is 15.2. The van der Waals surface area contributed by atoms with Crippen molar-refractivity contribution in [2.24, 2.45) is 5.73 Å². The van der Waals surface area contributed by atoms with E-state index in [0.717, 1.165) is 40.3 Å². The van der Waals surface area contributed by atoms with Crippen LogP contribution < -0.4 is 25.7 Å². The first-order valence-corrected chi connectivity index (χ1v) is 12.1. The summed E-state index contributed by atoms with van der Waals surface area (Å²) in [4.78, 5) is 27.1. The number of hydrogen-bond acceptors (Lipinski definition) is 10. The molecule has 0 aliphatic carbocycles. The summed E-state index contributed by atoms with van der Waals surface area (Å²) in [5.74, 6) is 2.48. The number of nitrogens with two attached hydrogens (primary N) is 2. The van der Waals surface area contributed by atoms with Crippen LogP contribution >= 0.6 is 0 Å². The molecule has 4 aromatic rings. The summed E-state index contributed by atoms with van der Waals surface area (Å²) in [5.41, 5.74) is 14.8. The molecule has 1 atom stereocenters. The van der Waals surface area contributed by atoms with E-state index in [1.165, 1.54) is 0 Å². The van der Waals surface area contributed by atoms with Crippen molar-refractivity contribution in [1.82, 2.24) is 19.9 Å². The molecule has 10 heteroatoms. The Bertz CT molecular complexity index is 1450. The molecular formula is C27H30N6O4. The number of pyridine rings is 3. The monoisotopic (exact) mass is 502 g/mol. The summed E-state index contributed by atoms with van der Waals surface area (Å²) in [7, 11) is 3.19. The molecule has 0 radical (unpaired) electrons. The Morgan fingerprint density at radius 2 is 1.73 bits per heavy atom. The molecule has 3 aromatic heterocycles. The van der Waals surface area contributed by atoms with E-state index in [4.69, 9.17) is 25.7 Å². The van der Waals surface area contributed by atoms with Crippen molar-refractivity contribution in [1.29, 1.82) is 0 Å². The number of carbonyl (C=O) groups is 1. The summed E-state index contributed by atoms with van der Waals surface area (Å²) in [6, 6.07) is 7.39. The summed E-state index contributed by atoms with van der Waals surface area (Å²) >= 11 is 0. The number of nitrogen functional groups attached to an aromatic ring is 1. The van der Waals surface area contributed by atoms with Gasteiger partial charge in [0.25, 0.3) is 0 Å². The molecule has 192 valence electrons. The number of carbonyl (C=O) groups excluding carboxylic acids is 1. The Kier molecular flexibility index (Phi) is 7.02. The molecule has 0 amide bonds. The van der Waals surface area contributed by atoms with Crippen LogP contribution in [-0.4, -0.2) is 72.1 Å². The number of benzene rings is 1. The van der Waals surface area contributed by atoms with Crippen molar-refractivity contribution in [2.75, 3.05) is 46.2 Å². The Morgan fingerprint density at radius 3 is 2.49 bits per heavy atom. The van der Waals surface area contributed by atoms with E-state index >= 15 is 0 Å². The number of nitrogens with zero attached hydrogens (tertiary/aromatic N) is 4. The molecule has 4 heterocycles. The summed E-state index contributed by atoms with van der Waals surface area (Å²) < 4.78 is 16.9. The molecule has 4 N–H and O–H groups in total. The number of likely N-dealkylation sites (tertiary alicyclic amines) is 1. The Morgan fingerprint density at radius 1 is 0.973 bits per heavy atom. The maximum absolute atomic E-state index is 11.5. The lowest BCUT2D eigenvalue weighted by Gasteiger charge is -2.28. The van der Waals surface area contributed by atoms with Gasteiger partial charge in [-0.2, -0.15) is 0 Å². The van der Waals surface area contributed by atoms with Gasteiger partial charge in [0.15, 0.2) is 11.5 Å². The lowest BCUT2D eigenvalue weighted by atomic mass is 10.0. The first-order chi connectivity index (χ1) is 17.9. The Labute approximate surface area is 214 Å². The zero-order valence-electron chi connectivity index (χ0n) is 20.9. The molecule has 10 nitrogen and oxygen atoms in total. The van der Waals surface area contributed by atoms with Crippen LogP contribution in [0.2, 0.25) is 0 Å². The number of hydrogen-bond donors (Lipinski definition) is 2. The van der Waals surface area contributed by atoms with E-state index in [9.17, 15) is 4.79 Å². The standard InChI is InChI=1S/C27H30N6O4/c1-35-25-9-21-20-8-23(32-27(29)22(20)13-31-24(21)10-26(25)36-2)16-7-19(12-30-11-16)37-15-17(28)14-33-5-3-18(34)4-6-33/h7-13,17H,3-6,14-15,28H2,1-2H3,(H2,29,32)/t17-/m0/s1. The second-order valence-corrected chi connectivity index (χ2v) is 9.16. The first kappa shape index (κ1) is 24.7. The maximum atomic E-state index is 11.5. The van der Waals surface area contributed by atoms with Gasteiger partial charge in [0.05, 0.1) is 37.7 Å². The van der Waals surface area contributed by atoms with Gasteiger partial charge in [0.2, 0.25) is 0 Å². The zero-order chi connectivity index (χ0) is 25.9. The third kappa shape index (κ3) is 5.25.